The molecule has 3 rings (SSSR count). The van der Waals surface area contributed by atoms with Crippen LogP contribution in [0.5, 0.6) is 0 Å². The number of aromatic nitrogens is 3. The zero-order valence-electron chi connectivity index (χ0n) is 9.25. The fraction of sp³-hybridized carbons (Fsp3) is 0. The lowest BCUT2D eigenvalue weighted by molar-refractivity contribution is 0.880. The van der Waals surface area contributed by atoms with Crippen LogP contribution in [0.15, 0.2) is 63.1 Å². The third-order valence-electron chi connectivity index (χ3n) is 2.35. The lowest BCUT2D eigenvalue weighted by atomic mass is 10.3. The Morgan fingerprint density at radius 3 is 2.56 bits per heavy atom. The monoisotopic (exact) mass is 317 g/mol. The lowest BCUT2D eigenvalue weighted by Crippen LogP contribution is -1.92. The normalized spacial score (nSPS) is 10.7. The quantitative estimate of drug-likeness (QED) is 0.717. The average molecular weight is 318 g/mol. The summed E-state index contributed by atoms with van der Waals surface area (Å²) in [5, 5.41) is 8.96. The van der Waals surface area contributed by atoms with Crippen LogP contribution in [0.1, 0.15) is 0 Å². The molecular weight excluding hydrogens is 310 g/mol. The Hall–Kier alpha value is -1.46. The Morgan fingerprint density at radius 1 is 0.889 bits per heavy atom. The maximum Gasteiger partial charge on any atom is 0.214 e. The minimum absolute atomic E-state index is 0.663. The maximum absolute atomic E-state index is 4.48. The van der Waals surface area contributed by atoms with Crippen LogP contribution in [0.2, 0.25) is 0 Å². The fourth-order valence-corrected chi connectivity index (χ4v) is 2.61. The third kappa shape index (κ3) is 2.52. The number of halogens is 1. The molecule has 88 valence electrons. The molecule has 0 spiro atoms. The number of hydrogen-bond acceptors (Lipinski definition) is 4. The molecule has 18 heavy (non-hydrogen) atoms. The van der Waals surface area contributed by atoms with Crippen LogP contribution < -0.4 is 0 Å². The summed E-state index contributed by atoms with van der Waals surface area (Å²) in [5.74, 6) is 0. The summed E-state index contributed by atoms with van der Waals surface area (Å²) >= 11 is 4.91. The Balaban J connectivity index is 1.96. The Kier molecular flexibility index (Phi) is 3.25. The zero-order valence-corrected chi connectivity index (χ0v) is 11.6. The number of fused-ring (bicyclic) bond motifs is 1. The highest BCUT2D eigenvalue weighted by Gasteiger charge is 2.04. The molecule has 0 saturated carbocycles. The van der Waals surface area contributed by atoms with Gasteiger partial charge in [-0.2, -0.15) is 0 Å². The van der Waals surface area contributed by atoms with Crippen LogP contribution in [0.25, 0.3) is 11.0 Å². The van der Waals surface area contributed by atoms with E-state index < -0.39 is 0 Å². The van der Waals surface area contributed by atoms with E-state index in [0.717, 1.165) is 20.4 Å². The first-order valence-corrected chi connectivity index (χ1v) is 6.95. The smallest absolute Gasteiger partial charge is 0.214 e. The van der Waals surface area contributed by atoms with E-state index in [9.17, 15) is 0 Å². The molecule has 3 nitrogen and oxygen atoms in total. The van der Waals surface area contributed by atoms with Crippen molar-refractivity contribution in [3.63, 3.8) is 0 Å². The second kappa shape index (κ2) is 5.04. The molecule has 2 aromatic carbocycles. The number of nitrogens with zero attached hydrogens (tertiary/aromatic N) is 3. The van der Waals surface area contributed by atoms with Gasteiger partial charge >= 0.3 is 0 Å². The Bertz CT molecular complexity index is 688. The molecule has 3 aromatic rings. The molecule has 0 unspecified atom stereocenters. The van der Waals surface area contributed by atoms with Crippen molar-refractivity contribution < 1.29 is 0 Å². The van der Waals surface area contributed by atoms with Crippen LogP contribution in [0.4, 0.5) is 0 Å². The minimum atomic E-state index is 0.663. The summed E-state index contributed by atoms with van der Waals surface area (Å²) in [6, 6.07) is 15.8. The topological polar surface area (TPSA) is 38.7 Å². The second-order valence-electron chi connectivity index (χ2n) is 3.64. The largest absolute Gasteiger partial charge is 0.219 e. The number of hydrogen-bond donors (Lipinski definition) is 0. The molecule has 0 fully saturated rings. The number of rotatable bonds is 2. The molecule has 0 N–H and O–H groups in total. The van der Waals surface area contributed by atoms with Gasteiger partial charge in [-0.05, 0) is 42.1 Å². The highest BCUT2D eigenvalue weighted by molar-refractivity contribution is 9.10. The Morgan fingerprint density at radius 2 is 1.72 bits per heavy atom. The van der Waals surface area contributed by atoms with E-state index >= 15 is 0 Å². The van der Waals surface area contributed by atoms with Crippen molar-refractivity contribution >= 4 is 38.7 Å². The van der Waals surface area contributed by atoms with E-state index in [-0.39, 0.29) is 0 Å². The van der Waals surface area contributed by atoms with Crippen LogP contribution in [0, 0.1) is 0 Å². The van der Waals surface area contributed by atoms with Gasteiger partial charge in [0.25, 0.3) is 0 Å². The van der Waals surface area contributed by atoms with Crippen molar-refractivity contribution in [1.29, 1.82) is 0 Å². The van der Waals surface area contributed by atoms with Crippen molar-refractivity contribution in [2.45, 2.75) is 10.1 Å². The van der Waals surface area contributed by atoms with E-state index in [0.29, 0.717) is 5.16 Å². The van der Waals surface area contributed by atoms with Gasteiger partial charge in [-0.25, -0.2) is 4.98 Å². The molecule has 0 atom stereocenters. The van der Waals surface area contributed by atoms with E-state index in [1.54, 1.807) is 0 Å². The summed E-state index contributed by atoms with van der Waals surface area (Å²) in [4.78, 5) is 5.59. The van der Waals surface area contributed by atoms with E-state index in [1.807, 2.05) is 48.5 Å². The molecule has 0 aliphatic rings. The molecule has 5 heteroatoms. The fourth-order valence-electron chi connectivity index (χ4n) is 1.53. The Labute approximate surface area is 117 Å². The molecule has 0 amide bonds. The van der Waals surface area contributed by atoms with Gasteiger partial charge in [-0.15, -0.1) is 10.2 Å². The minimum Gasteiger partial charge on any atom is -0.219 e. The molecule has 0 aliphatic heterocycles. The predicted octanol–water partition coefficient (Wildman–Crippen LogP) is 3.94. The van der Waals surface area contributed by atoms with Crippen molar-refractivity contribution in [2.24, 2.45) is 0 Å². The van der Waals surface area contributed by atoms with Gasteiger partial charge in [-0.1, -0.05) is 34.1 Å². The summed E-state index contributed by atoms with van der Waals surface area (Å²) < 4.78 is 0.981. The molecular formula is C13H8BrN3S. The third-order valence-corrected chi connectivity index (χ3v) is 3.71. The molecule has 0 bridgehead atoms. The zero-order chi connectivity index (χ0) is 12.4. The highest BCUT2D eigenvalue weighted by Crippen LogP contribution is 2.25. The van der Waals surface area contributed by atoms with Crippen LogP contribution in [0.3, 0.4) is 0 Å². The van der Waals surface area contributed by atoms with Crippen molar-refractivity contribution in [3.8, 4) is 0 Å². The highest BCUT2D eigenvalue weighted by atomic mass is 79.9. The summed E-state index contributed by atoms with van der Waals surface area (Å²) in [6.07, 6.45) is 0. The van der Waals surface area contributed by atoms with Gasteiger partial charge in [0.1, 0.15) is 5.52 Å². The van der Waals surface area contributed by atoms with Gasteiger partial charge in [-0.3, -0.25) is 0 Å². The molecule has 0 radical (unpaired) electrons. The van der Waals surface area contributed by atoms with Gasteiger partial charge in [0, 0.05) is 9.37 Å². The van der Waals surface area contributed by atoms with Crippen molar-refractivity contribution in [1.82, 2.24) is 15.2 Å². The maximum atomic E-state index is 4.48. The van der Waals surface area contributed by atoms with Gasteiger partial charge in [0.2, 0.25) is 5.16 Å². The van der Waals surface area contributed by atoms with Crippen molar-refractivity contribution in [3.05, 3.63) is 53.0 Å². The first kappa shape index (κ1) is 11.6. The number of benzene rings is 2. The average Bonchev–Trinajstić information content (AvgIpc) is 2.40. The predicted molar refractivity (Wildman–Crippen MR) is 75.6 cm³/mol. The van der Waals surface area contributed by atoms with E-state index in [1.165, 1.54) is 11.8 Å². The summed E-state index contributed by atoms with van der Waals surface area (Å²) in [6.45, 7) is 0. The first-order chi connectivity index (χ1) is 8.81. The van der Waals surface area contributed by atoms with Crippen molar-refractivity contribution in [2.75, 3.05) is 0 Å². The van der Waals surface area contributed by atoms with Gasteiger partial charge < -0.3 is 0 Å². The first-order valence-electron chi connectivity index (χ1n) is 5.34. The van der Waals surface area contributed by atoms with E-state index in [4.69, 9.17) is 0 Å². The molecule has 0 aliphatic carbocycles. The van der Waals surface area contributed by atoms with E-state index in [2.05, 4.69) is 31.1 Å². The van der Waals surface area contributed by atoms with Crippen LogP contribution in [-0.4, -0.2) is 15.2 Å². The SMILES string of the molecule is Brc1ccc2nc(Sc3ccccc3)nnc2c1. The molecule has 0 saturated heterocycles. The lowest BCUT2D eigenvalue weighted by Gasteiger charge is -2.01. The van der Waals surface area contributed by atoms with Crippen LogP contribution >= 0.6 is 27.7 Å². The summed E-state index contributed by atoms with van der Waals surface area (Å²) in [7, 11) is 0. The van der Waals surface area contributed by atoms with Crippen LogP contribution in [-0.2, 0) is 0 Å². The standard InChI is InChI=1S/C13H8BrN3S/c14-9-6-7-11-12(8-9)16-17-13(15-11)18-10-4-2-1-3-5-10/h1-8H. The van der Waals surface area contributed by atoms with Gasteiger partial charge in [0.05, 0.1) is 5.52 Å². The summed E-state index contributed by atoms with van der Waals surface area (Å²) in [5.41, 5.74) is 1.65. The van der Waals surface area contributed by atoms with Gasteiger partial charge in [0.15, 0.2) is 0 Å². The molecule has 1 aromatic heterocycles. The second-order valence-corrected chi connectivity index (χ2v) is 5.60. The molecule has 1 heterocycles.